The first-order valence-corrected chi connectivity index (χ1v) is 12.9. The second-order valence-corrected chi connectivity index (χ2v) is 8.48. The van der Waals surface area contributed by atoms with E-state index in [0.717, 1.165) is 12.2 Å². The van der Waals surface area contributed by atoms with E-state index in [2.05, 4.69) is 23.2 Å². The first-order chi connectivity index (χ1) is 15.5. The molecule has 0 fully saturated rings. The van der Waals surface area contributed by atoms with Crippen LogP contribution in [0.5, 0.6) is 5.75 Å². The molecular weight excluding hydrogens is 459 g/mol. The van der Waals surface area contributed by atoms with Crippen LogP contribution in [0.2, 0.25) is 0 Å². The molecule has 0 saturated carbocycles. The van der Waals surface area contributed by atoms with Gasteiger partial charge in [0, 0.05) is 0 Å². The van der Waals surface area contributed by atoms with Gasteiger partial charge in [0.2, 0.25) is 10.4 Å². The molecule has 0 aromatic heterocycles. The zero-order valence-electron chi connectivity index (χ0n) is 20.3. The van der Waals surface area contributed by atoms with Gasteiger partial charge in [0.15, 0.2) is 0 Å². The van der Waals surface area contributed by atoms with Gasteiger partial charge in [0.05, 0.1) is 46.2 Å². The molecule has 0 unspecified atom stereocenters. The molecule has 1 aromatic carbocycles. The molecule has 0 aliphatic carbocycles. The minimum atomic E-state index is -4.65. The largest absolute Gasteiger partial charge is 1.00 e. The fourth-order valence-corrected chi connectivity index (χ4v) is 3.27. The van der Waals surface area contributed by atoms with Gasteiger partial charge in [-0.05, 0) is 30.5 Å². The predicted octanol–water partition coefficient (Wildman–Crippen LogP) is 0.889. The average molecular weight is 499 g/mol. The maximum Gasteiger partial charge on any atom is 1.00 e. The average Bonchev–Trinajstić information content (AvgIpc) is 2.76. The van der Waals surface area contributed by atoms with E-state index in [-0.39, 0.29) is 49.4 Å². The first-order valence-electron chi connectivity index (χ1n) is 11.6. The van der Waals surface area contributed by atoms with E-state index >= 15 is 0 Å². The molecule has 0 radical (unpaired) electrons. The van der Waals surface area contributed by atoms with Gasteiger partial charge in [-0.25, -0.2) is 8.42 Å². The van der Waals surface area contributed by atoms with Crippen LogP contribution < -0.4 is 34.3 Å². The Morgan fingerprint density at radius 2 is 1.18 bits per heavy atom. The van der Waals surface area contributed by atoms with Crippen LogP contribution >= 0.6 is 0 Å². The van der Waals surface area contributed by atoms with Crippen LogP contribution in [0.3, 0.4) is 0 Å². The summed E-state index contributed by atoms with van der Waals surface area (Å²) in [6.07, 6.45) is 10.4. The van der Waals surface area contributed by atoms with Crippen molar-refractivity contribution in [2.45, 2.75) is 58.3 Å². The standard InChI is InChI=1S/C23H40O8S.Na/c1-2-3-4-5-6-7-8-9-22-10-12-23(13-11-22)30-20-18-28-16-14-27-15-17-29-19-21-31-32(24,25)26;/h10-13H,2-9,14-21H2,1H3,(H,24,25,26);/q;+1/p-1. The molecule has 0 bridgehead atoms. The topological polar surface area (TPSA) is 103 Å². The molecule has 1 rings (SSSR count). The summed E-state index contributed by atoms with van der Waals surface area (Å²) in [4.78, 5) is 0. The summed E-state index contributed by atoms with van der Waals surface area (Å²) in [7, 11) is -4.65. The minimum absolute atomic E-state index is 0. The van der Waals surface area contributed by atoms with Crippen LogP contribution in [0.15, 0.2) is 24.3 Å². The van der Waals surface area contributed by atoms with Gasteiger partial charge >= 0.3 is 29.6 Å². The molecule has 0 N–H and O–H groups in total. The summed E-state index contributed by atoms with van der Waals surface area (Å²) in [5.41, 5.74) is 1.35. The quantitative estimate of drug-likeness (QED) is 0.101. The van der Waals surface area contributed by atoms with Crippen molar-refractivity contribution in [1.29, 1.82) is 0 Å². The van der Waals surface area contributed by atoms with Crippen LogP contribution in [-0.4, -0.2) is 65.8 Å². The third-order valence-electron chi connectivity index (χ3n) is 4.69. The summed E-state index contributed by atoms with van der Waals surface area (Å²) in [5.74, 6) is 0.846. The van der Waals surface area contributed by atoms with Crippen LogP contribution in [0.4, 0.5) is 0 Å². The summed E-state index contributed by atoms with van der Waals surface area (Å²) in [5, 5.41) is 0. The first kappa shape index (κ1) is 32.8. The molecule has 1 aromatic rings. The van der Waals surface area contributed by atoms with Crippen molar-refractivity contribution in [3.63, 3.8) is 0 Å². The van der Waals surface area contributed by atoms with Crippen LogP contribution in [0, 0.1) is 0 Å². The van der Waals surface area contributed by atoms with E-state index in [0.29, 0.717) is 33.0 Å². The molecule has 0 saturated heterocycles. The minimum Gasteiger partial charge on any atom is -0.726 e. The Bertz CT molecular complexity index is 655. The van der Waals surface area contributed by atoms with E-state index in [1.54, 1.807) is 0 Å². The fraction of sp³-hybridized carbons (Fsp3) is 0.739. The zero-order valence-corrected chi connectivity index (χ0v) is 23.1. The van der Waals surface area contributed by atoms with Crippen LogP contribution in [0.25, 0.3) is 0 Å². The van der Waals surface area contributed by atoms with E-state index in [9.17, 15) is 13.0 Å². The molecule has 186 valence electrons. The molecule has 0 heterocycles. The van der Waals surface area contributed by atoms with E-state index < -0.39 is 10.4 Å². The predicted molar refractivity (Wildman–Crippen MR) is 122 cm³/mol. The number of ether oxygens (including phenoxy) is 4. The maximum atomic E-state index is 10.2. The molecule has 8 nitrogen and oxygen atoms in total. The molecule has 0 aliphatic rings. The van der Waals surface area contributed by atoms with Gasteiger partial charge in [-0.3, -0.25) is 4.18 Å². The summed E-state index contributed by atoms with van der Waals surface area (Å²) in [6.45, 7) is 4.39. The SMILES string of the molecule is CCCCCCCCCc1ccc(OCCOCCOCCOCCOS(=O)(=O)[O-])cc1.[Na+]. The molecular formula is C23H39NaO8S. The third-order valence-corrected chi connectivity index (χ3v) is 5.14. The van der Waals surface area contributed by atoms with E-state index in [1.807, 2.05) is 12.1 Å². The van der Waals surface area contributed by atoms with Crippen molar-refractivity contribution in [3.8, 4) is 5.75 Å². The van der Waals surface area contributed by atoms with Gasteiger partial charge in [0.1, 0.15) is 12.4 Å². The van der Waals surface area contributed by atoms with E-state index in [4.69, 9.17) is 18.9 Å². The van der Waals surface area contributed by atoms with Gasteiger partial charge < -0.3 is 23.5 Å². The Labute approximate surface area is 221 Å². The number of hydrogen-bond donors (Lipinski definition) is 0. The molecule has 10 heteroatoms. The number of benzene rings is 1. The van der Waals surface area contributed by atoms with Crippen molar-refractivity contribution in [2.75, 3.05) is 52.9 Å². The van der Waals surface area contributed by atoms with Crippen molar-refractivity contribution < 1.29 is 65.7 Å². The van der Waals surface area contributed by atoms with Gasteiger partial charge in [-0.15, -0.1) is 0 Å². The Balaban J connectivity index is 0.0000102. The molecule has 0 atom stereocenters. The van der Waals surface area contributed by atoms with Gasteiger partial charge in [-0.2, -0.15) is 0 Å². The zero-order chi connectivity index (χ0) is 23.3. The van der Waals surface area contributed by atoms with Crippen molar-refractivity contribution in [3.05, 3.63) is 29.8 Å². The molecule has 0 amide bonds. The second kappa shape index (κ2) is 22.2. The summed E-state index contributed by atoms with van der Waals surface area (Å²) >= 11 is 0. The number of hydrogen-bond acceptors (Lipinski definition) is 8. The van der Waals surface area contributed by atoms with Gasteiger partial charge in [0.25, 0.3) is 0 Å². The Hall–Kier alpha value is -0.230. The molecule has 0 aliphatic heterocycles. The molecule has 0 spiro atoms. The van der Waals surface area contributed by atoms with Crippen molar-refractivity contribution >= 4 is 10.4 Å². The van der Waals surface area contributed by atoms with Gasteiger partial charge in [-0.1, -0.05) is 57.6 Å². The Morgan fingerprint density at radius 3 is 1.73 bits per heavy atom. The smallest absolute Gasteiger partial charge is 0.726 e. The number of rotatable bonds is 22. The van der Waals surface area contributed by atoms with Crippen molar-refractivity contribution in [1.82, 2.24) is 0 Å². The summed E-state index contributed by atoms with van der Waals surface area (Å²) < 4.78 is 56.1. The maximum absolute atomic E-state index is 10.2. The number of aryl methyl sites for hydroxylation is 1. The van der Waals surface area contributed by atoms with Crippen LogP contribution in [0.1, 0.15) is 57.4 Å². The van der Waals surface area contributed by atoms with E-state index in [1.165, 1.54) is 50.5 Å². The Kier molecular flexibility index (Phi) is 22.1. The second-order valence-electron chi connectivity index (χ2n) is 7.43. The third kappa shape index (κ3) is 22.0. The van der Waals surface area contributed by atoms with Crippen LogP contribution in [-0.2, 0) is 35.2 Å². The normalized spacial score (nSPS) is 11.3. The number of unbranched alkanes of at least 4 members (excludes halogenated alkanes) is 6. The monoisotopic (exact) mass is 498 g/mol. The van der Waals surface area contributed by atoms with Crippen molar-refractivity contribution in [2.24, 2.45) is 0 Å². The summed E-state index contributed by atoms with van der Waals surface area (Å²) in [6, 6.07) is 8.29. The molecule has 33 heavy (non-hydrogen) atoms. The Morgan fingerprint density at radius 1 is 0.697 bits per heavy atom. The fourth-order valence-electron chi connectivity index (χ4n) is 2.99.